The van der Waals surface area contributed by atoms with E-state index in [2.05, 4.69) is 9.93 Å². The molecule has 4 nitrogen and oxygen atoms in total. The normalized spacial score (nSPS) is 12.6. The molecule has 2 aromatic carbocycles. The van der Waals surface area contributed by atoms with Gasteiger partial charge in [-0.25, -0.2) is 0 Å². The Morgan fingerprint density at radius 3 is 2.31 bits per heavy atom. The van der Waals surface area contributed by atoms with Crippen LogP contribution < -0.4 is 10.7 Å². The standard InChI is InChI=1S/C21H23FN2O2/c1-13-11-18(7-10-20(13)21(23)25)15(3)16(4)24-14(2)12-17-5-8-19(26-22)9-6-17/h5-11H,12H2,1-4H3,(H2,23,25)/b16-15+,24-14?. The summed E-state index contributed by atoms with van der Waals surface area (Å²) in [5.41, 5.74) is 11.6. The number of aryl methyl sites for hydroxylation is 1. The number of halogens is 1. The van der Waals surface area contributed by atoms with Crippen molar-refractivity contribution in [1.82, 2.24) is 0 Å². The van der Waals surface area contributed by atoms with E-state index in [-0.39, 0.29) is 5.75 Å². The van der Waals surface area contributed by atoms with Gasteiger partial charge >= 0.3 is 0 Å². The molecule has 2 aromatic rings. The molecule has 0 aliphatic carbocycles. The molecule has 2 rings (SSSR count). The molecule has 0 spiro atoms. The zero-order chi connectivity index (χ0) is 19.3. The molecular weight excluding hydrogens is 331 g/mol. The van der Waals surface area contributed by atoms with Crippen molar-refractivity contribution in [2.45, 2.75) is 34.1 Å². The minimum atomic E-state index is -0.426. The topological polar surface area (TPSA) is 64.7 Å². The summed E-state index contributed by atoms with van der Waals surface area (Å²) in [4.78, 5) is 19.7. The van der Waals surface area contributed by atoms with Crippen LogP contribution in [-0.4, -0.2) is 11.6 Å². The first-order valence-corrected chi connectivity index (χ1v) is 8.31. The number of carbonyl (C=O) groups excluding carboxylic acids is 1. The van der Waals surface area contributed by atoms with E-state index >= 15 is 0 Å². The summed E-state index contributed by atoms with van der Waals surface area (Å²) in [6.45, 7) is 7.78. The summed E-state index contributed by atoms with van der Waals surface area (Å²) < 4.78 is 12.1. The van der Waals surface area contributed by atoms with Crippen LogP contribution in [0.4, 0.5) is 4.53 Å². The van der Waals surface area contributed by atoms with Gasteiger partial charge in [0.25, 0.3) is 0 Å². The van der Waals surface area contributed by atoms with E-state index in [1.54, 1.807) is 18.2 Å². The zero-order valence-electron chi connectivity index (χ0n) is 15.5. The molecule has 0 aromatic heterocycles. The van der Waals surface area contributed by atoms with Crippen LogP contribution in [0.25, 0.3) is 5.57 Å². The van der Waals surface area contributed by atoms with Crippen molar-refractivity contribution in [3.8, 4) is 5.75 Å². The van der Waals surface area contributed by atoms with Gasteiger partial charge in [0.05, 0.1) is 0 Å². The lowest BCUT2D eigenvalue weighted by Crippen LogP contribution is -2.12. The van der Waals surface area contributed by atoms with Gasteiger partial charge in [-0.2, -0.15) is 0 Å². The summed E-state index contributed by atoms with van der Waals surface area (Å²) in [7, 11) is 0. The smallest absolute Gasteiger partial charge is 0.248 e. The molecule has 26 heavy (non-hydrogen) atoms. The van der Waals surface area contributed by atoms with Crippen LogP contribution in [0, 0.1) is 6.92 Å². The third-order valence-corrected chi connectivity index (χ3v) is 4.30. The van der Waals surface area contributed by atoms with Crippen LogP contribution in [0.3, 0.4) is 0 Å². The summed E-state index contributed by atoms with van der Waals surface area (Å²) in [6, 6.07) is 12.4. The average Bonchev–Trinajstić information content (AvgIpc) is 2.61. The molecule has 2 N–H and O–H groups in total. The summed E-state index contributed by atoms with van der Waals surface area (Å²) in [5, 5.41) is 0. The van der Waals surface area contributed by atoms with Crippen molar-refractivity contribution in [3.63, 3.8) is 0 Å². The number of allylic oxidation sites excluding steroid dienone is 2. The SMILES string of the molecule is CC(Cc1ccc(OF)cc1)=N/C(C)=C(\C)c1ccc(C(N)=O)c(C)c1. The summed E-state index contributed by atoms with van der Waals surface area (Å²) >= 11 is 0. The van der Waals surface area contributed by atoms with Crippen LogP contribution in [0.5, 0.6) is 5.75 Å². The highest BCUT2D eigenvalue weighted by Crippen LogP contribution is 2.22. The van der Waals surface area contributed by atoms with E-state index in [0.717, 1.165) is 33.7 Å². The Labute approximate surface area is 153 Å². The summed E-state index contributed by atoms with van der Waals surface area (Å²) in [6.07, 6.45) is 0.664. The third-order valence-electron chi connectivity index (χ3n) is 4.30. The average molecular weight is 354 g/mol. The van der Waals surface area contributed by atoms with Crippen molar-refractivity contribution in [2.75, 3.05) is 0 Å². The fourth-order valence-electron chi connectivity index (χ4n) is 2.75. The minimum absolute atomic E-state index is 0.185. The molecule has 0 bridgehead atoms. The second-order valence-electron chi connectivity index (χ2n) is 6.35. The molecule has 0 saturated heterocycles. The number of aliphatic imine (C=N–C) groups is 1. The molecule has 0 radical (unpaired) electrons. The molecular formula is C21H23FN2O2. The fourth-order valence-corrected chi connectivity index (χ4v) is 2.75. The maximum Gasteiger partial charge on any atom is 0.248 e. The van der Waals surface area contributed by atoms with Crippen molar-refractivity contribution in [1.29, 1.82) is 0 Å². The van der Waals surface area contributed by atoms with E-state index in [0.29, 0.717) is 12.0 Å². The lowest BCUT2D eigenvalue weighted by molar-refractivity contribution is -0.00621. The largest absolute Gasteiger partial charge is 0.366 e. The maximum absolute atomic E-state index is 12.1. The predicted molar refractivity (Wildman–Crippen MR) is 103 cm³/mol. The van der Waals surface area contributed by atoms with E-state index < -0.39 is 5.91 Å². The van der Waals surface area contributed by atoms with E-state index in [4.69, 9.17) is 5.73 Å². The number of primary amides is 1. The van der Waals surface area contributed by atoms with Gasteiger partial charge in [-0.15, -0.1) is 0 Å². The van der Waals surface area contributed by atoms with Gasteiger partial charge in [-0.05, 0) is 68.2 Å². The Balaban J connectivity index is 2.21. The maximum atomic E-state index is 12.1. The Morgan fingerprint density at radius 1 is 1.12 bits per heavy atom. The van der Waals surface area contributed by atoms with Crippen molar-refractivity contribution in [2.24, 2.45) is 10.7 Å². The van der Waals surface area contributed by atoms with E-state index in [9.17, 15) is 9.32 Å². The number of nitrogens with two attached hydrogens (primary N) is 1. The van der Waals surface area contributed by atoms with Gasteiger partial charge in [-0.1, -0.05) is 24.3 Å². The van der Waals surface area contributed by atoms with Crippen molar-refractivity contribution < 1.29 is 14.3 Å². The first-order valence-electron chi connectivity index (χ1n) is 8.31. The first kappa shape index (κ1) is 19.4. The predicted octanol–water partition coefficient (Wildman–Crippen LogP) is 4.81. The first-order chi connectivity index (χ1) is 12.3. The Kier molecular flexibility index (Phi) is 6.28. The molecule has 0 aliphatic heterocycles. The van der Waals surface area contributed by atoms with E-state index in [1.165, 1.54) is 0 Å². The molecule has 1 amide bonds. The Morgan fingerprint density at radius 2 is 1.77 bits per heavy atom. The van der Waals surface area contributed by atoms with Gasteiger partial charge in [0.2, 0.25) is 5.91 Å². The highest BCUT2D eigenvalue weighted by atomic mass is 19.3. The Hall–Kier alpha value is -2.95. The summed E-state index contributed by atoms with van der Waals surface area (Å²) in [5.74, 6) is -0.240. The van der Waals surface area contributed by atoms with Crippen molar-refractivity contribution in [3.05, 3.63) is 70.4 Å². The zero-order valence-corrected chi connectivity index (χ0v) is 15.5. The molecule has 0 atom stereocenters. The lowest BCUT2D eigenvalue weighted by atomic mass is 9.99. The molecule has 0 fully saturated rings. The van der Waals surface area contributed by atoms with Gasteiger partial charge < -0.3 is 5.73 Å². The van der Waals surface area contributed by atoms with Gasteiger partial charge in [0.1, 0.15) is 0 Å². The highest BCUT2D eigenvalue weighted by Gasteiger charge is 2.08. The monoisotopic (exact) mass is 354 g/mol. The number of amides is 1. The van der Waals surface area contributed by atoms with Crippen LogP contribution >= 0.6 is 0 Å². The van der Waals surface area contributed by atoms with Crippen LogP contribution in [0.15, 0.2) is 53.2 Å². The van der Waals surface area contributed by atoms with Crippen LogP contribution in [-0.2, 0) is 6.42 Å². The number of hydrogen-bond donors (Lipinski definition) is 1. The minimum Gasteiger partial charge on any atom is -0.366 e. The molecule has 5 heteroatoms. The quantitative estimate of drug-likeness (QED) is 0.757. The van der Waals surface area contributed by atoms with Crippen LogP contribution in [0.2, 0.25) is 0 Å². The molecule has 0 aliphatic rings. The Bertz CT molecular complexity index is 868. The number of rotatable bonds is 6. The van der Waals surface area contributed by atoms with Gasteiger partial charge in [0.15, 0.2) is 5.75 Å². The van der Waals surface area contributed by atoms with Crippen LogP contribution in [0.1, 0.15) is 47.8 Å². The van der Waals surface area contributed by atoms with Gasteiger partial charge in [-0.3, -0.25) is 14.7 Å². The second kappa shape index (κ2) is 8.43. The number of carbonyl (C=O) groups is 1. The van der Waals surface area contributed by atoms with E-state index in [1.807, 2.05) is 52.0 Å². The molecule has 0 unspecified atom stereocenters. The third kappa shape index (κ3) is 4.79. The number of hydrogen-bond acceptors (Lipinski definition) is 3. The number of nitrogens with zero attached hydrogens (tertiary/aromatic N) is 1. The number of benzene rings is 2. The fraction of sp³-hybridized carbons (Fsp3) is 0.238. The van der Waals surface area contributed by atoms with Crippen molar-refractivity contribution >= 4 is 17.2 Å². The second-order valence-corrected chi connectivity index (χ2v) is 6.35. The molecule has 0 heterocycles. The lowest BCUT2D eigenvalue weighted by Gasteiger charge is -2.09. The molecule has 136 valence electrons. The molecule has 0 saturated carbocycles. The van der Waals surface area contributed by atoms with Gasteiger partial charge in [0, 0.05) is 27.9 Å². The highest BCUT2D eigenvalue weighted by molar-refractivity contribution is 5.94.